The van der Waals surface area contributed by atoms with Gasteiger partial charge in [0.2, 0.25) is 0 Å². The van der Waals surface area contributed by atoms with Crippen molar-refractivity contribution < 1.29 is 14.6 Å². The molecule has 0 atom stereocenters. The number of aliphatic carboxylic acids is 1. The lowest BCUT2D eigenvalue weighted by molar-refractivity contribution is -0.137. The first-order valence-electron chi connectivity index (χ1n) is 8.03. The van der Waals surface area contributed by atoms with E-state index in [2.05, 4.69) is 42.5 Å². The molecule has 0 aliphatic heterocycles. The highest BCUT2D eigenvalue weighted by atomic mass is 16.5. The van der Waals surface area contributed by atoms with Crippen molar-refractivity contribution in [2.24, 2.45) is 0 Å². The van der Waals surface area contributed by atoms with E-state index in [4.69, 9.17) is 9.84 Å². The smallest absolute Gasteiger partial charge is 0.303 e. The van der Waals surface area contributed by atoms with Crippen molar-refractivity contribution in [2.75, 3.05) is 6.61 Å². The zero-order chi connectivity index (χ0) is 15.6. The second-order valence-corrected chi connectivity index (χ2v) is 5.60. The van der Waals surface area contributed by atoms with Crippen LogP contribution in [0.15, 0.2) is 42.5 Å². The highest BCUT2D eigenvalue weighted by Gasteiger charge is 2.00. The monoisotopic (exact) mass is 300 g/mol. The average Bonchev–Trinajstić information content (AvgIpc) is 2.53. The van der Waals surface area contributed by atoms with Crippen LogP contribution in [0.2, 0.25) is 0 Å². The van der Waals surface area contributed by atoms with Crippen molar-refractivity contribution in [3.8, 4) is 0 Å². The van der Waals surface area contributed by atoms with Crippen LogP contribution in [0.5, 0.6) is 0 Å². The minimum Gasteiger partial charge on any atom is -0.481 e. The van der Waals surface area contributed by atoms with Crippen LogP contribution in [0, 0.1) is 0 Å². The molecule has 3 nitrogen and oxygen atoms in total. The molecule has 2 aromatic rings. The van der Waals surface area contributed by atoms with Gasteiger partial charge < -0.3 is 9.84 Å². The molecule has 0 fully saturated rings. The van der Waals surface area contributed by atoms with Gasteiger partial charge in [-0.2, -0.15) is 0 Å². The number of ether oxygens (including phenoxy) is 1. The third-order valence-electron chi connectivity index (χ3n) is 3.82. The molecule has 0 aliphatic rings. The maximum absolute atomic E-state index is 10.4. The molecule has 22 heavy (non-hydrogen) atoms. The van der Waals surface area contributed by atoms with Gasteiger partial charge in [0.25, 0.3) is 0 Å². The first-order valence-corrected chi connectivity index (χ1v) is 8.03. The Kier molecular flexibility index (Phi) is 6.91. The standard InChI is InChI=1S/C19H24O3/c20-19(21)13-4-2-1-3-7-14-22-15-17-11-8-10-16-9-5-6-12-18(16)17/h5-6,8-12H,1-4,7,13-15H2,(H,20,21). The molecule has 0 heterocycles. The Hall–Kier alpha value is -1.87. The number of carboxylic acids is 1. The van der Waals surface area contributed by atoms with Gasteiger partial charge in [0.15, 0.2) is 0 Å². The van der Waals surface area contributed by atoms with Crippen molar-refractivity contribution in [2.45, 2.75) is 45.1 Å². The molecule has 1 N–H and O–H groups in total. The van der Waals surface area contributed by atoms with Gasteiger partial charge in [-0.25, -0.2) is 0 Å². The number of rotatable bonds is 10. The van der Waals surface area contributed by atoms with Crippen LogP contribution in [0.3, 0.4) is 0 Å². The van der Waals surface area contributed by atoms with Crippen LogP contribution >= 0.6 is 0 Å². The highest BCUT2D eigenvalue weighted by molar-refractivity contribution is 5.85. The van der Waals surface area contributed by atoms with Gasteiger partial charge in [-0.3, -0.25) is 4.79 Å². The van der Waals surface area contributed by atoms with Gasteiger partial charge in [0.1, 0.15) is 0 Å². The fraction of sp³-hybridized carbons (Fsp3) is 0.421. The molecular formula is C19H24O3. The number of hydrogen-bond acceptors (Lipinski definition) is 2. The first-order chi connectivity index (χ1) is 10.8. The maximum atomic E-state index is 10.4. The number of hydrogen-bond donors (Lipinski definition) is 1. The van der Waals surface area contributed by atoms with Crippen LogP contribution in [0.1, 0.15) is 44.1 Å². The summed E-state index contributed by atoms with van der Waals surface area (Å²) in [7, 11) is 0. The lowest BCUT2D eigenvalue weighted by Crippen LogP contribution is -1.97. The summed E-state index contributed by atoms with van der Waals surface area (Å²) in [6, 6.07) is 14.7. The van der Waals surface area contributed by atoms with E-state index < -0.39 is 5.97 Å². The van der Waals surface area contributed by atoms with Crippen LogP contribution in [-0.4, -0.2) is 17.7 Å². The molecule has 0 aliphatic carbocycles. The summed E-state index contributed by atoms with van der Waals surface area (Å²) in [6.07, 6.45) is 5.30. The molecule has 0 saturated heterocycles. The lowest BCUT2D eigenvalue weighted by atomic mass is 10.1. The number of carboxylic acid groups (broad SMARTS) is 1. The Morgan fingerprint density at radius 2 is 1.64 bits per heavy atom. The lowest BCUT2D eigenvalue weighted by Gasteiger charge is -2.08. The number of benzene rings is 2. The van der Waals surface area contributed by atoms with E-state index in [1.807, 2.05) is 0 Å². The zero-order valence-electron chi connectivity index (χ0n) is 13.0. The molecule has 0 amide bonds. The van der Waals surface area contributed by atoms with Crippen molar-refractivity contribution in [1.82, 2.24) is 0 Å². The fourth-order valence-electron chi connectivity index (χ4n) is 2.61. The molecule has 0 saturated carbocycles. The van der Waals surface area contributed by atoms with E-state index in [0.29, 0.717) is 6.61 Å². The van der Waals surface area contributed by atoms with E-state index >= 15 is 0 Å². The SMILES string of the molecule is O=C(O)CCCCCCCOCc1cccc2ccccc12. The van der Waals surface area contributed by atoms with Gasteiger partial charge in [0, 0.05) is 13.0 Å². The number of unbranched alkanes of at least 4 members (excludes halogenated alkanes) is 4. The molecule has 2 rings (SSSR count). The summed E-state index contributed by atoms with van der Waals surface area (Å²) in [5.41, 5.74) is 1.24. The summed E-state index contributed by atoms with van der Waals surface area (Å²) >= 11 is 0. The topological polar surface area (TPSA) is 46.5 Å². The number of carbonyl (C=O) groups is 1. The van der Waals surface area contributed by atoms with Gasteiger partial charge >= 0.3 is 5.97 Å². The Labute approximate surface area is 131 Å². The number of fused-ring (bicyclic) bond motifs is 1. The zero-order valence-corrected chi connectivity index (χ0v) is 13.0. The maximum Gasteiger partial charge on any atom is 0.303 e. The third kappa shape index (κ3) is 5.49. The summed E-state index contributed by atoms with van der Waals surface area (Å²) < 4.78 is 5.78. The summed E-state index contributed by atoms with van der Waals surface area (Å²) in [4.78, 5) is 10.4. The normalized spacial score (nSPS) is 10.9. The van der Waals surface area contributed by atoms with E-state index in [-0.39, 0.29) is 6.42 Å². The molecule has 0 radical (unpaired) electrons. The van der Waals surface area contributed by atoms with Crippen molar-refractivity contribution >= 4 is 16.7 Å². The molecule has 0 bridgehead atoms. The highest BCUT2D eigenvalue weighted by Crippen LogP contribution is 2.19. The molecule has 3 heteroatoms. The predicted octanol–water partition coefficient (Wildman–Crippen LogP) is 4.78. The molecular weight excluding hydrogens is 276 g/mol. The Morgan fingerprint density at radius 1 is 0.909 bits per heavy atom. The summed E-state index contributed by atoms with van der Waals surface area (Å²) in [5, 5.41) is 11.1. The fourth-order valence-corrected chi connectivity index (χ4v) is 2.61. The van der Waals surface area contributed by atoms with E-state index in [0.717, 1.165) is 38.7 Å². The van der Waals surface area contributed by atoms with Gasteiger partial charge in [-0.1, -0.05) is 61.7 Å². The van der Waals surface area contributed by atoms with E-state index in [9.17, 15) is 4.79 Å². The molecule has 0 spiro atoms. The Balaban J connectivity index is 1.61. The van der Waals surface area contributed by atoms with E-state index in [1.54, 1.807) is 0 Å². The van der Waals surface area contributed by atoms with Crippen LogP contribution in [0.25, 0.3) is 10.8 Å². The molecule has 2 aromatic carbocycles. The van der Waals surface area contributed by atoms with Gasteiger partial charge in [-0.05, 0) is 29.2 Å². The van der Waals surface area contributed by atoms with Gasteiger partial charge in [-0.15, -0.1) is 0 Å². The molecule has 0 aromatic heterocycles. The van der Waals surface area contributed by atoms with Crippen LogP contribution < -0.4 is 0 Å². The van der Waals surface area contributed by atoms with E-state index in [1.165, 1.54) is 16.3 Å². The van der Waals surface area contributed by atoms with Crippen molar-refractivity contribution in [3.05, 3.63) is 48.0 Å². The van der Waals surface area contributed by atoms with Gasteiger partial charge in [0.05, 0.1) is 6.61 Å². The van der Waals surface area contributed by atoms with Crippen molar-refractivity contribution in [1.29, 1.82) is 0 Å². The Bertz CT molecular complexity index is 587. The van der Waals surface area contributed by atoms with Crippen LogP contribution in [-0.2, 0) is 16.1 Å². The largest absolute Gasteiger partial charge is 0.481 e. The molecule has 118 valence electrons. The van der Waals surface area contributed by atoms with Crippen LogP contribution in [0.4, 0.5) is 0 Å². The second-order valence-electron chi connectivity index (χ2n) is 5.60. The quantitative estimate of drug-likeness (QED) is 0.642. The van der Waals surface area contributed by atoms with Crippen molar-refractivity contribution in [3.63, 3.8) is 0 Å². The molecule has 0 unspecified atom stereocenters. The first kappa shape index (κ1) is 16.5. The second kappa shape index (κ2) is 9.21. The predicted molar refractivity (Wildman–Crippen MR) is 88.9 cm³/mol. The Morgan fingerprint density at radius 3 is 2.50 bits per heavy atom. The summed E-state index contributed by atoms with van der Waals surface area (Å²) in [5.74, 6) is -0.696. The average molecular weight is 300 g/mol. The third-order valence-corrected chi connectivity index (χ3v) is 3.82. The minimum atomic E-state index is -0.696. The minimum absolute atomic E-state index is 0.289. The summed E-state index contributed by atoms with van der Waals surface area (Å²) in [6.45, 7) is 1.42.